The molecule has 38 heavy (non-hydrogen) atoms. The summed E-state index contributed by atoms with van der Waals surface area (Å²) >= 11 is 1.42. The molecular formula is C27H40N4O6S. The van der Waals surface area contributed by atoms with Crippen LogP contribution in [-0.2, 0) is 25.6 Å². The van der Waals surface area contributed by atoms with Crippen molar-refractivity contribution in [2.24, 2.45) is 22.4 Å². The monoisotopic (exact) mass is 548 g/mol. The van der Waals surface area contributed by atoms with Gasteiger partial charge in [0.15, 0.2) is 0 Å². The highest BCUT2D eigenvalue weighted by molar-refractivity contribution is 7.09. The van der Waals surface area contributed by atoms with Gasteiger partial charge in [0.05, 0.1) is 53.5 Å². The fourth-order valence-electron chi connectivity index (χ4n) is 5.63. The van der Waals surface area contributed by atoms with Gasteiger partial charge in [-0.05, 0) is 49.8 Å². The Hall–Kier alpha value is -2.30. The minimum Gasteiger partial charge on any atom is -0.465 e. The summed E-state index contributed by atoms with van der Waals surface area (Å²) in [6.45, 7) is 11.1. The first-order chi connectivity index (χ1) is 17.8. The lowest BCUT2D eigenvalue weighted by atomic mass is 9.72. The molecular weight excluding hydrogens is 508 g/mol. The fourth-order valence-corrected chi connectivity index (χ4v) is 6.30. The summed E-state index contributed by atoms with van der Waals surface area (Å²) in [5.41, 5.74) is 7.90. The van der Waals surface area contributed by atoms with Gasteiger partial charge in [-0.2, -0.15) is 0 Å². The molecule has 0 aliphatic carbocycles. The van der Waals surface area contributed by atoms with Crippen LogP contribution in [0.1, 0.15) is 84.3 Å². The molecule has 2 aliphatic heterocycles. The molecule has 6 atom stereocenters. The number of cyclic esters (lactones) is 1. The topological polar surface area (TPSA) is 158 Å². The first-order valence-corrected chi connectivity index (χ1v) is 14.1. The number of aliphatic hydroxyl groups is 2. The smallest absolute Gasteiger partial charge is 0.308 e. The van der Waals surface area contributed by atoms with E-state index in [1.807, 2.05) is 32.2 Å². The van der Waals surface area contributed by atoms with Crippen molar-refractivity contribution in [2.75, 3.05) is 6.61 Å². The van der Waals surface area contributed by atoms with Crippen LogP contribution in [0.3, 0.4) is 0 Å². The number of ether oxygens (including phenoxy) is 2. The minimum atomic E-state index is -1.23. The summed E-state index contributed by atoms with van der Waals surface area (Å²) in [5, 5.41) is 27.9. The Morgan fingerprint density at radius 3 is 2.68 bits per heavy atom. The number of esters is 1. The highest BCUT2D eigenvalue weighted by Gasteiger charge is 2.66. The van der Waals surface area contributed by atoms with Crippen LogP contribution in [0.5, 0.6) is 0 Å². The summed E-state index contributed by atoms with van der Waals surface area (Å²) in [4.78, 5) is 33.0. The quantitative estimate of drug-likeness (QED) is 0.176. The van der Waals surface area contributed by atoms with Gasteiger partial charge < -0.3 is 19.7 Å². The second kappa shape index (κ2) is 11.8. The van der Waals surface area contributed by atoms with Gasteiger partial charge in [-0.1, -0.05) is 39.2 Å². The van der Waals surface area contributed by atoms with Crippen LogP contribution in [0, 0.1) is 17.3 Å². The van der Waals surface area contributed by atoms with Gasteiger partial charge in [0.1, 0.15) is 11.4 Å². The number of ketones is 1. The third kappa shape index (κ3) is 6.29. The first-order valence-electron chi connectivity index (χ1n) is 13.2. The van der Waals surface area contributed by atoms with Crippen molar-refractivity contribution in [1.82, 2.24) is 4.98 Å². The number of epoxide rings is 1. The van der Waals surface area contributed by atoms with Crippen LogP contribution in [-0.4, -0.2) is 57.0 Å². The highest BCUT2D eigenvalue weighted by Crippen LogP contribution is 2.58. The molecule has 2 aliphatic rings. The number of fused-ring (bicyclic) bond motifs is 1. The Bertz CT molecular complexity index is 1110. The molecule has 1 aromatic rings. The Balaban J connectivity index is 1.84. The van der Waals surface area contributed by atoms with E-state index in [9.17, 15) is 19.8 Å². The van der Waals surface area contributed by atoms with Crippen molar-refractivity contribution in [3.63, 3.8) is 0 Å². The van der Waals surface area contributed by atoms with Gasteiger partial charge >= 0.3 is 5.97 Å². The molecule has 2 saturated heterocycles. The number of Topliss-reactive ketones (excluding diaryl/α,β-unsaturated/α-hetero) is 1. The average molecular weight is 549 g/mol. The summed E-state index contributed by atoms with van der Waals surface area (Å²) in [5.74, 6) is -1.67. The fraction of sp³-hybridized carbons (Fsp3) is 0.741. The molecule has 0 bridgehead atoms. The van der Waals surface area contributed by atoms with Crippen LogP contribution < -0.4 is 0 Å². The Labute approximate surface area is 228 Å². The number of nitrogens with zero attached hydrogens (tertiary/aromatic N) is 4. The maximum Gasteiger partial charge on any atom is 0.308 e. The molecule has 10 nitrogen and oxygen atoms in total. The lowest BCUT2D eigenvalue weighted by molar-refractivity contribution is -0.151. The third-order valence-electron chi connectivity index (χ3n) is 8.42. The Morgan fingerprint density at radius 1 is 1.29 bits per heavy atom. The molecule has 210 valence electrons. The molecule has 0 saturated carbocycles. The van der Waals surface area contributed by atoms with E-state index in [0.717, 1.165) is 24.1 Å². The summed E-state index contributed by atoms with van der Waals surface area (Å²) < 4.78 is 11.9. The number of aromatic nitrogens is 1. The van der Waals surface area contributed by atoms with E-state index in [1.165, 1.54) is 11.3 Å². The van der Waals surface area contributed by atoms with E-state index in [1.54, 1.807) is 20.8 Å². The number of azide groups is 1. The van der Waals surface area contributed by atoms with Gasteiger partial charge in [-0.25, -0.2) is 4.98 Å². The number of carbonyl (C=O) groups excluding carboxylic acids is 2. The van der Waals surface area contributed by atoms with Crippen molar-refractivity contribution in [3.8, 4) is 0 Å². The van der Waals surface area contributed by atoms with Crippen molar-refractivity contribution in [3.05, 3.63) is 32.1 Å². The van der Waals surface area contributed by atoms with Crippen molar-refractivity contribution in [1.29, 1.82) is 0 Å². The zero-order valence-corrected chi connectivity index (χ0v) is 24.0. The molecule has 3 rings (SSSR count). The average Bonchev–Trinajstić information content (AvgIpc) is 3.21. The molecule has 0 spiro atoms. The standard InChI is InChI=1S/C27H40N4O6S/c1-16-8-7-9-26(6)27(37-26,17(2)12-19-15-38-21(30-19)14-29-31-28)10-11-36-22(33)13-20(32)25(4,5)24(35)18(3)23(16)34/h12,15-16,18,20,23,32,34H,7-11,13-14H2,1-6H3/t16-,18+,20-,23-,26+,27+/m1/s1. The lowest BCUT2D eigenvalue weighted by Crippen LogP contribution is -2.45. The van der Waals surface area contributed by atoms with Crippen LogP contribution in [0.25, 0.3) is 16.5 Å². The highest BCUT2D eigenvalue weighted by atomic mass is 32.1. The number of thiazole rings is 1. The van der Waals surface area contributed by atoms with Gasteiger partial charge in [0.2, 0.25) is 0 Å². The largest absolute Gasteiger partial charge is 0.465 e. The van der Waals surface area contributed by atoms with E-state index in [-0.39, 0.29) is 31.3 Å². The molecule has 0 amide bonds. The van der Waals surface area contributed by atoms with Crippen LogP contribution >= 0.6 is 11.3 Å². The number of hydrogen-bond acceptors (Lipinski definition) is 9. The third-order valence-corrected chi connectivity index (χ3v) is 9.27. The molecule has 3 heterocycles. The molecule has 2 N–H and O–H groups in total. The zero-order chi connectivity index (χ0) is 28.3. The summed E-state index contributed by atoms with van der Waals surface area (Å²) in [6.07, 6.45) is 2.19. The van der Waals surface area contributed by atoms with E-state index in [0.29, 0.717) is 17.8 Å². The molecule has 2 fully saturated rings. The normalized spacial score (nSPS) is 35.1. The second-order valence-electron chi connectivity index (χ2n) is 11.5. The van der Waals surface area contributed by atoms with E-state index in [4.69, 9.17) is 15.0 Å². The Morgan fingerprint density at radius 2 is 2.00 bits per heavy atom. The molecule has 0 radical (unpaired) electrons. The van der Waals surface area contributed by atoms with Gasteiger partial charge in [-0.15, -0.1) is 11.3 Å². The number of rotatable bonds is 4. The first kappa shape index (κ1) is 30.2. The van der Waals surface area contributed by atoms with Crippen molar-refractivity contribution >= 4 is 29.2 Å². The molecule has 1 aromatic heterocycles. The maximum absolute atomic E-state index is 13.1. The van der Waals surface area contributed by atoms with Crippen LogP contribution in [0.2, 0.25) is 0 Å². The molecule has 0 aromatic carbocycles. The summed E-state index contributed by atoms with van der Waals surface area (Å²) in [6, 6.07) is 0. The molecule has 11 heteroatoms. The number of carbonyl (C=O) groups is 2. The maximum atomic E-state index is 13.1. The number of hydrogen-bond donors (Lipinski definition) is 2. The van der Waals surface area contributed by atoms with Crippen LogP contribution in [0.4, 0.5) is 0 Å². The van der Waals surface area contributed by atoms with Gasteiger partial charge in [0.25, 0.3) is 0 Å². The summed E-state index contributed by atoms with van der Waals surface area (Å²) in [7, 11) is 0. The molecule has 0 unspecified atom stereocenters. The SMILES string of the molecule is CC(=Cc1csc(CN=[N+]=[N-])n1)[C@@]12CCOC(=O)C[C@@H](O)C(C)(C)C(=O)[C@@H](C)[C@H](O)[C@H](C)CCC[C@]1(C)O2. The van der Waals surface area contributed by atoms with E-state index < -0.39 is 40.7 Å². The zero-order valence-electron chi connectivity index (χ0n) is 23.1. The lowest BCUT2D eigenvalue weighted by Gasteiger charge is -2.34. The predicted molar refractivity (Wildman–Crippen MR) is 144 cm³/mol. The van der Waals surface area contributed by atoms with Crippen LogP contribution in [0.15, 0.2) is 16.1 Å². The van der Waals surface area contributed by atoms with E-state index in [2.05, 4.69) is 15.0 Å². The van der Waals surface area contributed by atoms with Gasteiger partial charge in [0, 0.05) is 22.6 Å². The van der Waals surface area contributed by atoms with E-state index >= 15 is 0 Å². The Kier molecular flexibility index (Phi) is 9.42. The van der Waals surface area contributed by atoms with Crippen molar-refractivity contribution in [2.45, 2.75) is 104 Å². The van der Waals surface area contributed by atoms with Gasteiger partial charge in [-0.3, -0.25) is 9.59 Å². The second-order valence-corrected chi connectivity index (χ2v) is 12.4. The predicted octanol–water partition coefficient (Wildman–Crippen LogP) is 4.98. The number of aliphatic hydroxyl groups excluding tert-OH is 2. The van der Waals surface area contributed by atoms with Crippen molar-refractivity contribution < 1.29 is 29.3 Å². The minimum absolute atomic E-state index is 0.103.